The predicted octanol–water partition coefficient (Wildman–Crippen LogP) is 5.69. The van der Waals surface area contributed by atoms with Gasteiger partial charge in [-0.3, -0.25) is 0 Å². The van der Waals surface area contributed by atoms with E-state index in [1.807, 2.05) is 114 Å². The summed E-state index contributed by atoms with van der Waals surface area (Å²) >= 11 is 0. The molecule has 3 heteroatoms. The second-order valence-electron chi connectivity index (χ2n) is 6.80. The number of benzene rings is 3. The van der Waals surface area contributed by atoms with Crippen LogP contribution in [-0.2, 0) is 4.79 Å². The SMILES string of the molecule is O=C(O)C1(N(c2ccccc2)c2ccccc2)C=CC(c2ccccc2)=CC1. The van der Waals surface area contributed by atoms with Crippen LogP contribution in [0.15, 0.2) is 109 Å². The summed E-state index contributed by atoms with van der Waals surface area (Å²) in [6.07, 6.45) is 6.12. The average molecular weight is 367 g/mol. The Kier molecular flexibility index (Phi) is 4.81. The first-order valence-electron chi connectivity index (χ1n) is 9.29. The highest BCUT2D eigenvalue weighted by atomic mass is 16.4. The first-order chi connectivity index (χ1) is 13.7. The minimum absolute atomic E-state index is 0.368. The second kappa shape index (κ2) is 7.57. The van der Waals surface area contributed by atoms with E-state index in [1.165, 1.54) is 0 Å². The molecule has 4 rings (SSSR count). The van der Waals surface area contributed by atoms with Gasteiger partial charge >= 0.3 is 5.97 Å². The van der Waals surface area contributed by atoms with Crippen molar-refractivity contribution >= 4 is 22.9 Å². The molecule has 1 aliphatic rings. The Morgan fingerprint density at radius 3 is 1.71 bits per heavy atom. The molecule has 0 bridgehead atoms. The number of carboxylic acid groups (broad SMARTS) is 1. The fourth-order valence-corrected chi connectivity index (χ4v) is 3.66. The number of hydrogen-bond donors (Lipinski definition) is 1. The molecule has 0 aromatic heterocycles. The van der Waals surface area contributed by atoms with Gasteiger partial charge in [-0.15, -0.1) is 0 Å². The van der Waals surface area contributed by atoms with Gasteiger partial charge in [-0.1, -0.05) is 78.9 Å². The van der Waals surface area contributed by atoms with Crippen molar-refractivity contribution in [3.63, 3.8) is 0 Å². The summed E-state index contributed by atoms with van der Waals surface area (Å²) in [6.45, 7) is 0. The van der Waals surface area contributed by atoms with Crippen LogP contribution in [0.4, 0.5) is 11.4 Å². The van der Waals surface area contributed by atoms with Gasteiger partial charge < -0.3 is 10.0 Å². The molecule has 0 aliphatic heterocycles. The minimum atomic E-state index is -1.19. The molecule has 3 aromatic rings. The summed E-state index contributed by atoms with van der Waals surface area (Å²) in [7, 11) is 0. The fraction of sp³-hybridized carbons (Fsp3) is 0.0800. The minimum Gasteiger partial charge on any atom is -0.479 e. The number of carbonyl (C=O) groups is 1. The molecule has 1 N–H and O–H groups in total. The molecule has 0 saturated heterocycles. The van der Waals surface area contributed by atoms with E-state index >= 15 is 0 Å². The van der Waals surface area contributed by atoms with E-state index in [4.69, 9.17) is 0 Å². The van der Waals surface area contributed by atoms with E-state index in [-0.39, 0.29) is 0 Å². The first kappa shape index (κ1) is 17.8. The molecule has 28 heavy (non-hydrogen) atoms. The number of para-hydroxylation sites is 2. The Balaban J connectivity index is 1.81. The van der Waals surface area contributed by atoms with Gasteiger partial charge in [-0.25, -0.2) is 4.79 Å². The molecule has 1 unspecified atom stereocenters. The fourth-order valence-electron chi connectivity index (χ4n) is 3.66. The average Bonchev–Trinajstić information content (AvgIpc) is 2.76. The van der Waals surface area contributed by atoms with Crippen molar-refractivity contribution < 1.29 is 9.90 Å². The van der Waals surface area contributed by atoms with Crippen LogP contribution in [0.2, 0.25) is 0 Å². The number of hydrogen-bond acceptors (Lipinski definition) is 2. The molecule has 1 aliphatic carbocycles. The van der Waals surface area contributed by atoms with Gasteiger partial charge in [0.2, 0.25) is 0 Å². The van der Waals surface area contributed by atoms with Gasteiger partial charge in [0.15, 0.2) is 5.54 Å². The Bertz CT molecular complexity index is 971. The lowest BCUT2D eigenvalue weighted by molar-refractivity contribution is -0.141. The smallest absolute Gasteiger partial charge is 0.334 e. The standard InChI is InChI=1S/C25H21NO2/c27-24(28)25(18-16-21(17-19-25)20-10-4-1-5-11-20)26(22-12-6-2-7-13-22)23-14-8-3-9-15-23/h1-18H,19H2,(H,27,28). The largest absolute Gasteiger partial charge is 0.479 e. The van der Waals surface area contributed by atoms with Crippen LogP contribution in [0.25, 0.3) is 5.57 Å². The number of nitrogens with zero attached hydrogens (tertiary/aromatic N) is 1. The van der Waals surface area contributed by atoms with Gasteiger partial charge in [-0.05, 0) is 41.5 Å². The van der Waals surface area contributed by atoms with Gasteiger partial charge in [0.05, 0.1) is 0 Å². The van der Waals surface area contributed by atoms with Gasteiger partial charge in [-0.2, -0.15) is 0 Å². The third-order valence-corrected chi connectivity index (χ3v) is 5.08. The molecule has 0 fully saturated rings. The first-order valence-corrected chi connectivity index (χ1v) is 9.29. The lowest BCUT2D eigenvalue weighted by Gasteiger charge is -2.41. The normalized spacial score (nSPS) is 18.4. The molecule has 3 aromatic carbocycles. The zero-order valence-electron chi connectivity index (χ0n) is 15.4. The van der Waals surface area contributed by atoms with E-state index in [2.05, 4.69) is 0 Å². The van der Waals surface area contributed by atoms with Crippen LogP contribution in [0.5, 0.6) is 0 Å². The summed E-state index contributed by atoms with van der Waals surface area (Å²) in [5, 5.41) is 10.3. The predicted molar refractivity (Wildman–Crippen MR) is 114 cm³/mol. The summed E-state index contributed by atoms with van der Waals surface area (Å²) in [6, 6.07) is 29.4. The van der Waals surface area contributed by atoms with E-state index < -0.39 is 11.5 Å². The maximum Gasteiger partial charge on any atom is 0.334 e. The van der Waals surface area contributed by atoms with Gasteiger partial charge in [0, 0.05) is 17.8 Å². The van der Waals surface area contributed by atoms with Crippen LogP contribution < -0.4 is 4.90 Å². The van der Waals surface area contributed by atoms with Crippen LogP contribution >= 0.6 is 0 Å². The van der Waals surface area contributed by atoms with Crippen molar-refractivity contribution in [2.75, 3.05) is 4.90 Å². The quantitative estimate of drug-likeness (QED) is 0.630. The molecular weight excluding hydrogens is 346 g/mol. The zero-order chi connectivity index (χ0) is 19.4. The molecule has 0 heterocycles. The lowest BCUT2D eigenvalue weighted by Crippen LogP contribution is -2.51. The monoisotopic (exact) mass is 367 g/mol. The van der Waals surface area contributed by atoms with Crippen molar-refractivity contribution in [2.45, 2.75) is 12.0 Å². The molecule has 138 valence electrons. The molecular formula is C25H21NO2. The number of allylic oxidation sites excluding steroid dienone is 2. The molecule has 1 atom stereocenters. The van der Waals surface area contributed by atoms with E-state index in [0.29, 0.717) is 6.42 Å². The van der Waals surface area contributed by atoms with Crippen LogP contribution in [-0.4, -0.2) is 16.6 Å². The molecule has 3 nitrogen and oxygen atoms in total. The summed E-state index contributed by atoms with van der Waals surface area (Å²) in [5.74, 6) is -0.875. The summed E-state index contributed by atoms with van der Waals surface area (Å²) in [4.78, 5) is 14.5. The Morgan fingerprint density at radius 2 is 1.29 bits per heavy atom. The molecule has 0 saturated carbocycles. The van der Waals surface area contributed by atoms with E-state index in [1.54, 1.807) is 0 Å². The van der Waals surface area contributed by atoms with Crippen molar-refractivity contribution in [3.05, 3.63) is 115 Å². The number of carboxylic acids is 1. The zero-order valence-corrected chi connectivity index (χ0v) is 15.4. The number of rotatable bonds is 5. The van der Waals surface area contributed by atoms with Crippen LogP contribution in [0.3, 0.4) is 0 Å². The summed E-state index contributed by atoms with van der Waals surface area (Å²) in [5.41, 5.74) is 2.62. The van der Waals surface area contributed by atoms with Crippen LogP contribution in [0.1, 0.15) is 12.0 Å². The maximum absolute atomic E-state index is 12.6. The van der Waals surface area contributed by atoms with Gasteiger partial charge in [0.25, 0.3) is 0 Å². The lowest BCUT2D eigenvalue weighted by atomic mass is 9.84. The Hall–Kier alpha value is -3.59. The van der Waals surface area contributed by atoms with Gasteiger partial charge in [0.1, 0.15) is 0 Å². The Morgan fingerprint density at radius 1 is 0.786 bits per heavy atom. The van der Waals surface area contributed by atoms with E-state index in [9.17, 15) is 9.90 Å². The van der Waals surface area contributed by atoms with Crippen molar-refractivity contribution in [1.82, 2.24) is 0 Å². The van der Waals surface area contributed by atoms with Crippen molar-refractivity contribution in [1.29, 1.82) is 0 Å². The topological polar surface area (TPSA) is 40.5 Å². The highest BCUT2D eigenvalue weighted by molar-refractivity contribution is 5.93. The molecule has 0 amide bonds. The highest BCUT2D eigenvalue weighted by Gasteiger charge is 2.43. The second-order valence-corrected chi connectivity index (χ2v) is 6.80. The maximum atomic E-state index is 12.6. The highest BCUT2D eigenvalue weighted by Crippen LogP contribution is 2.40. The van der Waals surface area contributed by atoms with Crippen molar-refractivity contribution in [2.24, 2.45) is 0 Å². The number of anilines is 2. The third-order valence-electron chi connectivity index (χ3n) is 5.08. The molecule has 0 radical (unpaired) electrons. The Labute approximate surface area is 164 Å². The molecule has 0 spiro atoms. The van der Waals surface area contributed by atoms with Crippen molar-refractivity contribution in [3.8, 4) is 0 Å². The van der Waals surface area contributed by atoms with E-state index in [0.717, 1.165) is 22.5 Å². The number of aliphatic carboxylic acids is 1. The summed E-state index contributed by atoms with van der Waals surface area (Å²) < 4.78 is 0. The third kappa shape index (κ3) is 3.23. The van der Waals surface area contributed by atoms with Crippen LogP contribution in [0, 0.1) is 0 Å².